The molecule has 0 bridgehead atoms. The fourth-order valence-electron chi connectivity index (χ4n) is 0.123. The number of rotatable bonds is 2. The zero-order valence-electron chi connectivity index (χ0n) is 4.54. The van der Waals surface area contributed by atoms with Crippen LogP contribution in [0.5, 0.6) is 0 Å². The molecule has 3 N–H and O–H groups in total. The van der Waals surface area contributed by atoms with Gasteiger partial charge in [0.1, 0.15) is 0 Å². The van der Waals surface area contributed by atoms with Crippen LogP contribution in [0, 0.1) is 0 Å². The third-order valence-electron chi connectivity index (χ3n) is 0.191. The smallest absolute Gasteiger partial charge is 0 e. The molecule has 0 rings (SSSR count). The molecule has 0 saturated carbocycles. The van der Waals surface area contributed by atoms with E-state index in [1.54, 1.807) is 0 Å². The zero-order chi connectivity index (χ0) is 7.71. The van der Waals surface area contributed by atoms with E-state index >= 15 is 0 Å². The Morgan fingerprint density at radius 2 is 1.55 bits per heavy atom. The summed E-state index contributed by atoms with van der Waals surface area (Å²) in [6.07, 6.45) is 0. The molecule has 0 atom stereocenters. The van der Waals surface area contributed by atoms with Crippen molar-refractivity contribution in [1.29, 1.82) is 0 Å². The summed E-state index contributed by atoms with van der Waals surface area (Å²) in [5, 5.41) is 0. The molecule has 62 valence electrons. The predicted octanol–water partition coefficient (Wildman–Crippen LogP) is -2.02. The average Bonchev–Trinajstić information content (AvgIpc) is 1.14. The van der Waals surface area contributed by atoms with Crippen molar-refractivity contribution >= 4 is 56.0 Å². The first kappa shape index (κ1) is 18.6. The van der Waals surface area contributed by atoms with Crippen molar-refractivity contribution < 1.29 is 50.8 Å². The van der Waals surface area contributed by atoms with E-state index in [0.29, 0.717) is 0 Å². The monoisotopic (exact) mass is 284 g/mol. The maximum atomic E-state index is 9.58. The first-order chi connectivity index (χ1) is 3.71. The Bertz CT molecular complexity index is 225. The topological polar surface area (TPSA) is 121 Å². The van der Waals surface area contributed by atoms with E-state index in [9.17, 15) is 13.0 Å². The molecule has 0 aliphatic heterocycles. The van der Waals surface area contributed by atoms with Crippen LogP contribution in [0.2, 0.25) is 0 Å². The van der Waals surface area contributed by atoms with Gasteiger partial charge in [-0.15, -0.1) is 3.97 Å². The maximum absolute atomic E-state index is 9.58. The standard InChI is InChI=1S/Ca.H3O7PS.Zn.2H/c;1-8(2,3)7-9(4,5)6;;;/h;(H2,1,2,3)(H,4,5,6);;;. The van der Waals surface area contributed by atoms with Gasteiger partial charge >= 0.3 is 56.0 Å². The second-order valence-corrected chi connectivity index (χ2v) is 3.43. The number of hydrogen-bond acceptors (Lipinski definition) is 4. The van der Waals surface area contributed by atoms with E-state index in [-0.39, 0.29) is 57.2 Å². The molecule has 0 aromatic rings. The van der Waals surface area contributed by atoms with Crippen LogP contribution in [0.25, 0.3) is 0 Å². The maximum Gasteiger partial charge on any atom is 0 e. The molecular formula is H5CaO7PSZn. The Labute approximate surface area is 105 Å². The molecule has 0 heterocycles. The fourth-order valence-corrected chi connectivity index (χ4v) is 1.10. The Kier molecular flexibility index (Phi) is 10.8. The molecule has 11 heavy (non-hydrogen) atoms. The van der Waals surface area contributed by atoms with Gasteiger partial charge in [-0.05, 0) is 0 Å². The zero-order valence-corrected chi connectivity index (χ0v) is 9.22. The number of phosphoric acid groups is 1. The Hall–Kier alpha value is 1.90. The molecule has 0 aliphatic rings. The fraction of sp³-hybridized carbons (Fsp3) is 0. The van der Waals surface area contributed by atoms with Crippen molar-refractivity contribution in [1.82, 2.24) is 0 Å². The SMILES string of the molecule is O=P(O)(O)OS(=O)(=O)O.[CaH2].[Zn]. The van der Waals surface area contributed by atoms with Gasteiger partial charge in [-0.3, -0.25) is 4.55 Å². The molecule has 0 fully saturated rings. The van der Waals surface area contributed by atoms with Gasteiger partial charge in [-0.25, -0.2) is 4.57 Å². The molecule has 0 radical (unpaired) electrons. The van der Waals surface area contributed by atoms with Crippen LogP contribution >= 0.6 is 7.82 Å². The molecule has 7 nitrogen and oxygen atoms in total. The quantitative estimate of drug-likeness (QED) is 0.304. The molecule has 0 saturated heterocycles. The van der Waals surface area contributed by atoms with E-state index in [1.807, 2.05) is 0 Å². The van der Waals surface area contributed by atoms with Crippen LogP contribution in [0.3, 0.4) is 0 Å². The molecular weight excluding hydrogens is 281 g/mol. The van der Waals surface area contributed by atoms with E-state index < -0.39 is 18.2 Å². The molecule has 11 heteroatoms. The molecule has 0 amide bonds. The van der Waals surface area contributed by atoms with Crippen LogP contribution in [-0.2, 0) is 38.4 Å². The predicted molar refractivity (Wildman–Crippen MR) is 33.2 cm³/mol. The largest absolute Gasteiger partial charge is 0 e. The van der Waals surface area contributed by atoms with Crippen molar-refractivity contribution in [2.45, 2.75) is 0 Å². The summed E-state index contributed by atoms with van der Waals surface area (Å²) in [4.78, 5) is 15.4. The Morgan fingerprint density at radius 3 is 1.55 bits per heavy atom. The summed E-state index contributed by atoms with van der Waals surface area (Å²) >= 11 is 0. The minimum atomic E-state index is -5.13. The minimum Gasteiger partial charge on any atom is 0 e. The van der Waals surface area contributed by atoms with E-state index in [1.165, 1.54) is 0 Å². The van der Waals surface area contributed by atoms with E-state index in [2.05, 4.69) is 3.97 Å². The summed E-state index contributed by atoms with van der Waals surface area (Å²) in [6.45, 7) is 0. The second-order valence-electron chi connectivity index (χ2n) is 0.993. The van der Waals surface area contributed by atoms with Crippen LogP contribution in [0.1, 0.15) is 0 Å². The normalized spacial score (nSPS) is 11.2. The van der Waals surface area contributed by atoms with Crippen molar-refractivity contribution in [2.75, 3.05) is 0 Å². The van der Waals surface area contributed by atoms with Crippen molar-refractivity contribution in [2.24, 2.45) is 0 Å². The summed E-state index contributed by atoms with van der Waals surface area (Å²) < 4.78 is 39.0. The summed E-state index contributed by atoms with van der Waals surface area (Å²) in [5.74, 6) is 0. The van der Waals surface area contributed by atoms with Gasteiger partial charge in [0, 0.05) is 19.5 Å². The molecule has 0 aromatic heterocycles. The first-order valence-electron chi connectivity index (χ1n) is 1.45. The molecule has 0 spiro atoms. The van der Waals surface area contributed by atoms with Crippen LogP contribution in [0.15, 0.2) is 0 Å². The second kappa shape index (κ2) is 6.37. The van der Waals surface area contributed by atoms with Gasteiger partial charge in [0.25, 0.3) is 0 Å². The summed E-state index contributed by atoms with van der Waals surface area (Å²) in [7, 11) is -10.2. The molecule has 0 aliphatic carbocycles. The van der Waals surface area contributed by atoms with Crippen LogP contribution in [0.4, 0.5) is 0 Å². The van der Waals surface area contributed by atoms with Gasteiger partial charge in [-0.1, -0.05) is 0 Å². The van der Waals surface area contributed by atoms with Gasteiger partial charge in [0.15, 0.2) is 0 Å². The third kappa shape index (κ3) is 18.7. The minimum absolute atomic E-state index is 0. The Morgan fingerprint density at radius 1 is 1.27 bits per heavy atom. The van der Waals surface area contributed by atoms with Crippen LogP contribution < -0.4 is 0 Å². The number of hydrogen-bond donors (Lipinski definition) is 3. The average molecular weight is 286 g/mol. The van der Waals surface area contributed by atoms with Gasteiger partial charge in [0.2, 0.25) is 0 Å². The van der Waals surface area contributed by atoms with Gasteiger partial charge in [-0.2, -0.15) is 8.42 Å². The van der Waals surface area contributed by atoms with E-state index in [0.717, 1.165) is 0 Å². The van der Waals surface area contributed by atoms with Gasteiger partial charge < -0.3 is 9.79 Å². The summed E-state index contributed by atoms with van der Waals surface area (Å²) in [5.41, 5.74) is 0. The first-order valence-corrected chi connectivity index (χ1v) is 4.34. The van der Waals surface area contributed by atoms with E-state index in [4.69, 9.17) is 14.3 Å². The van der Waals surface area contributed by atoms with Crippen molar-refractivity contribution in [3.05, 3.63) is 0 Å². The molecule has 0 unspecified atom stereocenters. The molecule has 0 aromatic carbocycles. The Balaban J connectivity index is -0.000000320. The van der Waals surface area contributed by atoms with Gasteiger partial charge in [0.05, 0.1) is 0 Å². The summed E-state index contributed by atoms with van der Waals surface area (Å²) in [6, 6.07) is 0. The van der Waals surface area contributed by atoms with Crippen molar-refractivity contribution in [3.63, 3.8) is 0 Å². The van der Waals surface area contributed by atoms with Crippen molar-refractivity contribution in [3.8, 4) is 0 Å². The third-order valence-corrected chi connectivity index (χ3v) is 1.72. The van der Waals surface area contributed by atoms with Crippen LogP contribution in [-0.4, -0.2) is 60.5 Å².